The molecule has 1 amide bonds. The van der Waals surface area contributed by atoms with E-state index in [1.54, 1.807) is 0 Å². The minimum atomic E-state index is -0.931. The highest BCUT2D eigenvalue weighted by Gasteiger charge is 2.07. The van der Waals surface area contributed by atoms with Gasteiger partial charge >= 0.3 is 0 Å². The highest BCUT2D eigenvalue weighted by Crippen LogP contribution is 2.12. The van der Waals surface area contributed by atoms with Crippen molar-refractivity contribution in [3.8, 4) is 0 Å². The van der Waals surface area contributed by atoms with Crippen molar-refractivity contribution in [2.75, 3.05) is 11.9 Å². The Morgan fingerprint density at radius 3 is 2.67 bits per heavy atom. The van der Waals surface area contributed by atoms with Crippen LogP contribution in [-0.4, -0.2) is 18.5 Å². The SMILES string of the molecule is CCCC(C)NC(=O)CNc1ccc(F)c(F)c1. The Kier molecular flexibility index (Phi) is 5.55. The van der Waals surface area contributed by atoms with Crippen LogP contribution in [0, 0.1) is 11.6 Å². The molecule has 1 rings (SSSR count). The maximum atomic E-state index is 12.9. The van der Waals surface area contributed by atoms with Gasteiger partial charge in [-0.3, -0.25) is 4.79 Å². The van der Waals surface area contributed by atoms with E-state index in [4.69, 9.17) is 0 Å². The number of nitrogens with one attached hydrogen (secondary N) is 2. The Morgan fingerprint density at radius 2 is 2.06 bits per heavy atom. The zero-order valence-electron chi connectivity index (χ0n) is 10.6. The van der Waals surface area contributed by atoms with E-state index < -0.39 is 11.6 Å². The molecule has 100 valence electrons. The van der Waals surface area contributed by atoms with E-state index in [1.807, 2.05) is 13.8 Å². The van der Waals surface area contributed by atoms with Crippen LogP contribution in [0.25, 0.3) is 0 Å². The van der Waals surface area contributed by atoms with Crippen molar-refractivity contribution < 1.29 is 13.6 Å². The first kappa shape index (κ1) is 14.4. The summed E-state index contributed by atoms with van der Waals surface area (Å²) < 4.78 is 25.6. The van der Waals surface area contributed by atoms with E-state index in [-0.39, 0.29) is 18.5 Å². The van der Waals surface area contributed by atoms with Gasteiger partial charge in [0.2, 0.25) is 5.91 Å². The third kappa shape index (κ3) is 4.69. The second kappa shape index (κ2) is 6.93. The van der Waals surface area contributed by atoms with E-state index in [0.717, 1.165) is 25.0 Å². The van der Waals surface area contributed by atoms with Crippen molar-refractivity contribution in [1.82, 2.24) is 5.32 Å². The molecule has 5 heteroatoms. The molecule has 0 fully saturated rings. The molecule has 0 aliphatic carbocycles. The molecule has 3 nitrogen and oxygen atoms in total. The quantitative estimate of drug-likeness (QED) is 0.821. The lowest BCUT2D eigenvalue weighted by molar-refractivity contribution is -0.120. The summed E-state index contributed by atoms with van der Waals surface area (Å²) in [5, 5.41) is 5.55. The molecule has 0 aromatic heterocycles. The number of rotatable bonds is 6. The van der Waals surface area contributed by atoms with Gasteiger partial charge in [0.05, 0.1) is 6.54 Å². The van der Waals surface area contributed by atoms with Crippen LogP contribution >= 0.6 is 0 Å². The predicted molar refractivity (Wildman–Crippen MR) is 67.4 cm³/mol. The molecule has 0 spiro atoms. The van der Waals surface area contributed by atoms with Crippen molar-refractivity contribution >= 4 is 11.6 Å². The number of benzene rings is 1. The Morgan fingerprint density at radius 1 is 1.33 bits per heavy atom. The summed E-state index contributed by atoms with van der Waals surface area (Å²) >= 11 is 0. The standard InChI is InChI=1S/C13H18F2N2O/c1-3-4-9(2)17-13(18)8-16-10-5-6-11(14)12(15)7-10/h5-7,9,16H,3-4,8H2,1-2H3,(H,17,18). The predicted octanol–water partition coefficient (Wildman–Crippen LogP) is 2.68. The van der Waals surface area contributed by atoms with Crippen LogP contribution in [0.4, 0.5) is 14.5 Å². The summed E-state index contributed by atoms with van der Waals surface area (Å²) in [5.74, 6) is -2.00. The van der Waals surface area contributed by atoms with Crippen LogP contribution < -0.4 is 10.6 Å². The smallest absolute Gasteiger partial charge is 0.239 e. The molecule has 1 aromatic rings. The summed E-state index contributed by atoms with van der Waals surface area (Å²) in [4.78, 5) is 11.5. The lowest BCUT2D eigenvalue weighted by Gasteiger charge is -2.13. The van der Waals surface area contributed by atoms with Crippen molar-refractivity contribution in [2.45, 2.75) is 32.7 Å². The van der Waals surface area contributed by atoms with Crippen LogP contribution in [0.15, 0.2) is 18.2 Å². The summed E-state index contributed by atoms with van der Waals surface area (Å²) in [6, 6.07) is 3.56. The van der Waals surface area contributed by atoms with Gasteiger partial charge in [-0.15, -0.1) is 0 Å². The van der Waals surface area contributed by atoms with Gasteiger partial charge in [0.25, 0.3) is 0 Å². The maximum absolute atomic E-state index is 12.9. The molecule has 1 unspecified atom stereocenters. The molecule has 0 heterocycles. The van der Waals surface area contributed by atoms with E-state index in [1.165, 1.54) is 6.07 Å². The van der Waals surface area contributed by atoms with Crippen LogP contribution in [0.2, 0.25) is 0 Å². The normalized spacial score (nSPS) is 12.0. The van der Waals surface area contributed by atoms with Gasteiger partial charge in [-0.05, 0) is 25.5 Å². The minimum absolute atomic E-state index is 0.0408. The Hall–Kier alpha value is -1.65. The third-order valence-corrected chi connectivity index (χ3v) is 2.50. The number of carbonyl (C=O) groups is 1. The fraction of sp³-hybridized carbons (Fsp3) is 0.462. The zero-order chi connectivity index (χ0) is 13.5. The number of amides is 1. The number of hydrogen-bond donors (Lipinski definition) is 2. The number of hydrogen-bond acceptors (Lipinski definition) is 2. The van der Waals surface area contributed by atoms with Gasteiger partial charge in [-0.2, -0.15) is 0 Å². The van der Waals surface area contributed by atoms with E-state index in [0.29, 0.717) is 5.69 Å². The van der Waals surface area contributed by atoms with Gasteiger partial charge < -0.3 is 10.6 Å². The number of carbonyl (C=O) groups excluding carboxylic acids is 1. The first-order chi connectivity index (χ1) is 8.52. The van der Waals surface area contributed by atoms with Crippen LogP contribution in [-0.2, 0) is 4.79 Å². The number of halogens is 2. The van der Waals surface area contributed by atoms with E-state index in [2.05, 4.69) is 10.6 Å². The maximum Gasteiger partial charge on any atom is 0.239 e. The molecule has 0 aliphatic rings. The molecular weight excluding hydrogens is 238 g/mol. The van der Waals surface area contributed by atoms with Crippen LogP contribution in [0.1, 0.15) is 26.7 Å². The minimum Gasteiger partial charge on any atom is -0.376 e. The molecule has 0 saturated carbocycles. The zero-order valence-corrected chi connectivity index (χ0v) is 10.6. The van der Waals surface area contributed by atoms with Gasteiger partial charge in [0, 0.05) is 17.8 Å². The van der Waals surface area contributed by atoms with Crippen molar-refractivity contribution in [2.24, 2.45) is 0 Å². The van der Waals surface area contributed by atoms with Gasteiger partial charge in [-0.1, -0.05) is 13.3 Å². The molecule has 1 aromatic carbocycles. The van der Waals surface area contributed by atoms with Gasteiger partial charge in [-0.25, -0.2) is 8.78 Å². The van der Waals surface area contributed by atoms with E-state index >= 15 is 0 Å². The highest BCUT2D eigenvalue weighted by molar-refractivity contribution is 5.80. The van der Waals surface area contributed by atoms with Gasteiger partial charge in [0.15, 0.2) is 11.6 Å². The molecule has 1 atom stereocenters. The Balaban J connectivity index is 2.40. The fourth-order valence-electron chi connectivity index (χ4n) is 1.62. The molecule has 18 heavy (non-hydrogen) atoms. The molecule has 0 bridgehead atoms. The van der Waals surface area contributed by atoms with Crippen molar-refractivity contribution in [3.63, 3.8) is 0 Å². The monoisotopic (exact) mass is 256 g/mol. The summed E-state index contributed by atoms with van der Waals surface area (Å²) in [5.41, 5.74) is 0.382. The Bertz CT molecular complexity index is 410. The first-order valence-corrected chi connectivity index (χ1v) is 6.01. The number of anilines is 1. The van der Waals surface area contributed by atoms with Crippen LogP contribution in [0.3, 0.4) is 0 Å². The summed E-state index contributed by atoms with van der Waals surface area (Å²) in [6.07, 6.45) is 1.91. The average molecular weight is 256 g/mol. The molecule has 0 radical (unpaired) electrons. The second-order valence-electron chi connectivity index (χ2n) is 4.24. The van der Waals surface area contributed by atoms with Gasteiger partial charge in [0.1, 0.15) is 0 Å². The van der Waals surface area contributed by atoms with Crippen molar-refractivity contribution in [1.29, 1.82) is 0 Å². The van der Waals surface area contributed by atoms with Crippen molar-refractivity contribution in [3.05, 3.63) is 29.8 Å². The lowest BCUT2D eigenvalue weighted by atomic mass is 10.2. The first-order valence-electron chi connectivity index (χ1n) is 6.01. The fourth-order valence-corrected chi connectivity index (χ4v) is 1.62. The van der Waals surface area contributed by atoms with Crippen LogP contribution in [0.5, 0.6) is 0 Å². The largest absolute Gasteiger partial charge is 0.376 e. The highest BCUT2D eigenvalue weighted by atomic mass is 19.2. The molecule has 0 saturated heterocycles. The second-order valence-corrected chi connectivity index (χ2v) is 4.24. The molecule has 0 aliphatic heterocycles. The summed E-state index contributed by atoms with van der Waals surface area (Å²) in [6.45, 7) is 4.01. The molecular formula is C13H18F2N2O. The topological polar surface area (TPSA) is 41.1 Å². The van der Waals surface area contributed by atoms with E-state index in [9.17, 15) is 13.6 Å². The third-order valence-electron chi connectivity index (χ3n) is 2.50. The average Bonchev–Trinajstić information content (AvgIpc) is 2.31. The lowest BCUT2D eigenvalue weighted by Crippen LogP contribution is -2.36. The summed E-state index contributed by atoms with van der Waals surface area (Å²) in [7, 11) is 0. The Labute approximate surface area is 106 Å². The molecule has 2 N–H and O–H groups in total.